The predicted molar refractivity (Wildman–Crippen MR) is 109 cm³/mol. The van der Waals surface area contributed by atoms with Crippen LogP contribution < -0.4 is 16.4 Å². The molecule has 29 heavy (non-hydrogen) atoms. The lowest BCUT2D eigenvalue weighted by molar-refractivity contribution is -0.151. The fourth-order valence-electron chi connectivity index (χ4n) is 3.14. The van der Waals surface area contributed by atoms with Gasteiger partial charge in [0.15, 0.2) is 0 Å². The number of carbonyl (C=O) groups is 4. The summed E-state index contributed by atoms with van der Waals surface area (Å²) < 4.78 is 0. The predicted octanol–water partition coefficient (Wildman–Crippen LogP) is -1.28. The van der Waals surface area contributed by atoms with Crippen molar-refractivity contribution in [1.29, 1.82) is 0 Å². The van der Waals surface area contributed by atoms with Crippen molar-refractivity contribution in [2.24, 2.45) is 11.7 Å². The molecule has 1 heterocycles. The van der Waals surface area contributed by atoms with Gasteiger partial charge >= 0.3 is 5.97 Å². The number of hydrogen-bond donors (Lipinski definition) is 6. The van der Waals surface area contributed by atoms with E-state index in [9.17, 15) is 29.4 Å². The van der Waals surface area contributed by atoms with E-state index in [-0.39, 0.29) is 18.2 Å². The highest BCUT2D eigenvalue weighted by atomic mass is 32.1. The van der Waals surface area contributed by atoms with E-state index >= 15 is 0 Å². The van der Waals surface area contributed by atoms with Gasteiger partial charge in [-0.3, -0.25) is 14.4 Å². The van der Waals surface area contributed by atoms with E-state index in [2.05, 4.69) is 23.3 Å². The van der Waals surface area contributed by atoms with Crippen LogP contribution in [0.1, 0.15) is 40.0 Å². The van der Waals surface area contributed by atoms with Gasteiger partial charge in [-0.2, -0.15) is 12.6 Å². The number of aliphatic carboxylic acids is 1. The highest BCUT2D eigenvalue weighted by Crippen LogP contribution is 2.19. The number of aliphatic hydroxyl groups is 1. The van der Waals surface area contributed by atoms with Crippen LogP contribution in [0.3, 0.4) is 0 Å². The average Bonchev–Trinajstić information content (AvgIpc) is 3.17. The number of amides is 3. The number of likely N-dealkylation sites (tertiary alicyclic amines) is 1. The molecule has 0 bridgehead atoms. The normalized spacial score (nSPS) is 21.6. The van der Waals surface area contributed by atoms with Gasteiger partial charge in [0.1, 0.15) is 18.1 Å². The molecule has 1 aliphatic rings. The number of aliphatic hydroxyl groups excluding tert-OH is 1. The van der Waals surface area contributed by atoms with Gasteiger partial charge in [-0.25, -0.2) is 4.79 Å². The van der Waals surface area contributed by atoms with Crippen molar-refractivity contribution in [2.45, 2.75) is 70.3 Å². The van der Waals surface area contributed by atoms with Crippen molar-refractivity contribution < 1.29 is 29.4 Å². The van der Waals surface area contributed by atoms with Crippen LogP contribution in [0.2, 0.25) is 0 Å². The molecular weight excluding hydrogens is 400 g/mol. The summed E-state index contributed by atoms with van der Waals surface area (Å²) in [5, 5.41) is 24.4. The number of rotatable bonds is 10. The molecule has 6 N–H and O–H groups in total. The molecule has 0 aromatic carbocycles. The number of thiol groups is 1. The Kier molecular flexibility index (Phi) is 9.87. The zero-order chi connectivity index (χ0) is 22.3. The smallest absolute Gasteiger partial charge is 0.326 e. The molecule has 11 heteroatoms. The molecule has 10 nitrogen and oxygen atoms in total. The van der Waals surface area contributed by atoms with Crippen molar-refractivity contribution >= 4 is 36.3 Å². The fraction of sp³-hybridized carbons (Fsp3) is 0.778. The second kappa shape index (κ2) is 11.4. The second-order valence-electron chi connectivity index (χ2n) is 7.42. The van der Waals surface area contributed by atoms with Gasteiger partial charge < -0.3 is 31.5 Å². The average molecular weight is 433 g/mol. The Morgan fingerprint density at radius 1 is 1.17 bits per heavy atom. The Labute approximate surface area is 176 Å². The largest absolute Gasteiger partial charge is 0.480 e. The minimum atomic E-state index is -1.33. The molecule has 6 atom stereocenters. The molecule has 0 aromatic heterocycles. The van der Waals surface area contributed by atoms with Gasteiger partial charge in [0.2, 0.25) is 17.7 Å². The zero-order valence-corrected chi connectivity index (χ0v) is 17.9. The molecule has 1 rings (SSSR count). The maximum Gasteiger partial charge on any atom is 0.326 e. The van der Waals surface area contributed by atoms with Crippen LogP contribution in [-0.2, 0) is 19.2 Å². The fourth-order valence-corrected chi connectivity index (χ4v) is 3.31. The monoisotopic (exact) mass is 432 g/mol. The minimum Gasteiger partial charge on any atom is -0.480 e. The van der Waals surface area contributed by atoms with Gasteiger partial charge in [0, 0.05) is 12.3 Å². The van der Waals surface area contributed by atoms with Crippen LogP contribution in [0.5, 0.6) is 0 Å². The number of nitrogens with zero attached hydrogens (tertiary/aromatic N) is 1. The van der Waals surface area contributed by atoms with Gasteiger partial charge in [-0.15, -0.1) is 0 Å². The summed E-state index contributed by atoms with van der Waals surface area (Å²) in [7, 11) is 0. The van der Waals surface area contributed by atoms with Gasteiger partial charge in [-0.05, 0) is 25.7 Å². The van der Waals surface area contributed by atoms with E-state index in [0.717, 1.165) is 4.90 Å². The Morgan fingerprint density at radius 3 is 2.24 bits per heavy atom. The summed E-state index contributed by atoms with van der Waals surface area (Å²) in [4.78, 5) is 50.4. The van der Waals surface area contributed by atoms with Gasteiger partial charge in [-0.1, -0.05) is 20.3 Å². The molecule has 0 spiro atoms. The van der Waals surface area contributed by atoms with E-state index in [4.69, 9.17) is 5.73 Å². The topological polar surface area (TPSA) is 162 Å². The van der Waals surface area contributed by atoms with Crippen LogP contribution in [0.4, 0.5) is 0 Å². The van der Waals surface area contributed by atoms with E-state index in [1.165, 1.54) is 6.92 Å². The van der Waals surface area contributed by atoms with Crippen LogP contribution in [0.15, 0.2) is 0 Å². The number of hydrogen-bond acceptors (Lipinski definition) is 7. The number of carboxylic acids is 1. The van der Waals surface area contributed by atoms with Crippen molar-refractivity contribution in [3.63, 3.8) is 0 Å². The first kappa shape index (κ1) is 25.2. The summed E-state index contributed by atoms with van der Waals surface area (Å²) in [6, 6.07) is -4.18. The highest BCUT2D eigenvalue weighted by molar-refractivity contribution is 7.80. The third-order valence-corrected chi connectivity index (χ3v) is 5.59. The Morgan fingerprint density at radius 2 is 1.76 bits per heavy atom. The van der Waals surface area contributed by atoms with Crippen molar-refractivity contribution in [2.75, 3.05) is 12.3 Å². The maximum absolute atomic E-state index is 12.9. The van der Waals surface area contributed by atoms with Crippen LogP contribution in [0, 0.1) is 5.92 Å². The highest BCUT2D eigenvalue weighted by Gasteiger charge is 2.40. The van der Waals surface area contributed by atoms with Crippen LogP contribution in [0.25, 0.3) is 0 Å². The zero-order valence-electron chi connectivity index (χ0n) is 17.0. The summed E-state index contributed by atoms with van der Waals surface area (Å²) in [6.07, 6.45) is 0.148. The lowest BCUT2D eigenvalue weighted by atomic mass is 9.97. The summed E-state index contributed by atoms with van der Waals surface area (Å²) >= 11 is 3.97. The van der Waals surface area contributed by atoms with Crippen molar-refractivity contribution in [3.05, 3.63) is 0 Å². The van der Waals surface area contributed by atoms with E-state index in [1.54, 1.807) is 6.92 Å². The van der Waals surface area contributed by atoms with E-state index in [0.29, 0.717) is 19.3 Å². The number of nitrogens with one attached hydrogen (secondary N) is 2. The molecule has 1 aliphatic heterocycles. The third kappa shape index (κ3) is 6.58. The van der Waals surface area contributed by atoms with Gasteiger partial charge in [0.05, 0.1) is 12.1 Å². The minimum absolute atomic E-state index is 0.0982. The number of carbonyl (C=O) groups excluding carboxylic acids is 3. The summed E-state index contributed by atoms with van der Waals surface area (Å²) in [5.74, 6) is -3.16. The van der Waals surface area contributed by atoms with E-state index < -0.39 is 54.0 Å². The number of nitrogens with two attached hydrogens (primary N) is 1. The Hall–Kier alpha value is -1.85. The molecule has 0 aromatic rings. The lowest BCUT2D eigenvalue weighted by Gasteiger charge is -2.31. The first-order valence-electron chi connectivity index (χ1n) is 9.73. The summed E-state index contributed by atoms with van der Waals surface area (Å²) in [6.45, 7) is 5.17. The van der Waals surface area contributed by atoms with Crippen molar-refractivity contribution in [3.8, 4) is 0 Å². The molecule has 0 aliphatic carbocycles. The molecule has 6 unspecified atom stereocenters. The molecule has 3 amide bonds. The number of carboxylic acid groups (broad SMARTS) is 1. The molecular formula is C18H32N4O6S. The third-order valence-electron chi connectivity index (χ3n) is 5.19. The SMILES string of the molecule is CCC(C)C(NC(=O)C(N)CS)C(=O)NC(C(=O)N1CCCC1C(=O)O)C(C)O. The molecule has 0 saturated carbocycles. The van der Waals surface area contributed by atoms with Crippen LogP contribution in [-0.4, -0.2) is 81.4 Å². The van der Waals surface area contributed by atoms with Gasteiger partial charge in [0.25, 0.3) is 0 Å². The maximum atomic E-state index is 12.9. The second-order valence-corrected chi connectivity index (χ2v) is 7.78. The molecule has 166 valence electrons. The molecule has 1 fully saturated rings. The molecule has 0 radical (unpaired) electrons. The van der Waals surface area contributed by atoms with Crippen LogP contribution >= 0.6 is 12.6 Å². The Balaban J connectivity index is 2.99. The summed E-state index contributed by atoms with van der Waals surface area (Å²) in [5.41, 5.74) is 5.65. The first-order valence-corrected chi connectivity index (χ1v) is 10.4. The van der Waals surface area contributed by atoms with Crippen molar-refractivity contribution in [1.82, 2.24) is 15.5 Å². The lowest BCUT2D eigenvalue weighted by Crippen LogP contribution is -2.61. The Bertz CT molecular complexity index is 617. The standard InChI is InChI=1S/C18H32N4O6S/c1-4-9(2)13(20-15(24)11(19)8-29)16(25)21-14(10(3)23)17(26)22-7-5-6-12(22)18(27)28/h9-14,23,29H,4-8,19H2,1-3H3,(H,20,24)(H,21,25)(H,27,28). The quantitative estimate of drug-likeness (QED) is 0.234. The van der Waals surface area contributed by atoms with E-state index in [1.807, 2.05) is 6.92 Å². The first-order chi connectivity index (χ1) is 13.5. The molecule has 1 saturated heterocycles.